The summed E-state index contributed by atoms with van der Waals surface area (Å²) in [5, 5.41) is 1.72. The number of ether oxygens (including phenoxy) is 1. The molecular weight excluding hydrogens is 316 g/mol. The van der Waals surface area contributed by atoms with Crippen molar-refractivity contribution >= 4 is 44.3 Å². The number of halogens is 2. The average Bonchev–Trinajstić information content (AvgIpc) is 2.44. The molecule has 0 atom stereocenters. The number of benzene rings is 1. The summed E-state index contributed by atoms with van der Waals surface area (Å²) in [4.78, 5) is 6.89. The van der Waals surface area contributed by atoms with E-state index in [1.165, 1.54) is 0 Å². The van der Waals surface area contributed by atoms with Gasteiger partial charge in [-0.2, -0.15) is 0 Å². The van der Waals surface area contributed by atoms with Crippen molar-refractivity contribution < 1.29 is 4.74 Å². The number of anilines is 1. The zero-order valence-corrected chi connectivity index (χ0v) is 12.0. The van der Waals surface area contributed by atoms with Crippen LogP contribution in [0.5, 0.6) is 0 Å². The van der Waals surface area contributed by atoms with Gasteiger partial charge in [-0.3, -0.25) is 0 Å². The lowest BCUT2D eigenvalue weighted by molar-refractivity contribution is 0.122. The highest BCUT2D eigenvalue weighted by Crippen LogP contribution is 2.30. The monoisotopic (exact) mass is 326 g/mol. The molecule has 0 radical (unpaired) electrons. The fraction of sp³-hybridized carbons (Fsp3) is 0.308. The molecule has 18 heavy (non-hydrogen) atoms. The normalized spacial score (nSPS) is 16.2. The molecule has 1 aliphatic rings. The first kappa shape index (κ1) is 12.2. The highest BCUT2D eigenvalue weighted by molar-refractivity contribution is 9.10. The molecule has 0 aliphatic carbocycles. The van der Waals surface area contributed by atoms with E-state index in [4.69, 9.17) is 16.3 Å². The first-order valence-electron chi connectivity index (χ1n) is 5.83. The summed E-state index contributed by atoms with van der Waals surface area (Å²) in [7, 11) is 0. The molecular formula is C13H12BrClN2O. The topological polar surface area (TPSA) is 25.4 Å². The van der Waals surface area contributed by atoms with Gasteiger partial charge in [0.05, 0.1) is 23.8 Å². The average molecular weight is 328 g/mol. The standard InChI is InChI=1S/C13H12BrClN2O/c14-10-2-3-11(15)13-9(10)1-4-12(16-13)17-5-7-18-8-6-17/h1-4H,5-8H2. The number of hydrogen-bond donors (Lipinski definition) is 0. The second-order valence-corrected chi connectivity index (χ2v) is 5.46. The summed E-state index contributed by atoms with van der Waals surface area (Å²) in [5.74, 6) is 0.964. The maximum Gasteiger partial charge on any atom is 0.129 e. The second-order valence-electron chi connectivity index (χ2n) is 4.19. The molecule has 1 fully saturated rings. The number of pyridine rings is 1. The van der Waals surface area contributed by atoms with Crippen LogP contribution < -0.4 is 4.90 Å². The molecule has 2 aromatic rings. The van der Waals surface area contributed by atoms with Gasteiger partial charge in [-0.05, 0) is 24.3 Å². The molecule has 0 N–H and O–H groups in total. The van der Waals surface area contributed by atoms with E-state index in [-0.39, 0.29) is 0 Å². The number of rotatable bonds is 1. The van der Waals surface area contributed by atoms with Gasteiger partial charge in [0.25, 0.3) is 0 Å². The number of nitrogens with zero attached hydrogens (tertiary/aromatic N) is 2. The van der Waals surface area contributed by atoms with E-state index in [9.17, 15) is 0 Å². The zero-order chi connectivity index (χ0) is 12.5. The van der Waals surface area contributed by atoms with Crippen LogP contribution in [0.1, 0.15) is 0 Å². The molecule has 3 nitrogen and oxygen atoms in total. The number of morpholine rings is 1. The van der Waals surface area contributed by atoms with Crippen LogP contribution in [0.15, 0.2) is 28.7 Å². The van der Waals surface area contributed by atoms with Gasteiger partial charge in [-0.15, -0.1) is 0 Å². The van der Waals surface area contributed by atoms with Gasteiger partial charge >= 0.3 is 0 Å². The number of hydrogen-bond acceptors (Lipinski definition) is 3. The van der Waals surface area contributed by atoms with Crippen molar-refractivity contribution in [3.63, 3.8) is 0 Å². The Hall–Kier alpha value is -0.840. The largest absolute Gasteiger partial charge is 0.378 e. The summed E-state index contributed by atoms with van der Waals surface area (Å²) in [6.45, 7) is 3.27. The van der Waals surface area contributed by atoms with E-state index < -0.39 is 0 Å². The number of fused-ring (bicyclic) bond motifs is 1. The molecule has 5 heteroatoms. The minimum absolute atomic E-state index is 0.684. The summed E-state index contributed by atoms with van der Waals surface area (Å²) in [6, 6.07) is 7.91. The Bertz CT molecular complexity index is 584. The van der Waals surface area contributed by atoms with Gasteiger partial charge in [-0.25, -0.2) is 4.98 Å². The number of aromatic nitrogens is 1. The lowest BCUT2D eigenvalue weighted by Crippen LogP contribution is -2.36. The van der Waals surface area contributed by atoms with Crippen molar-refractivity contribution in [2.75, 3.05) is 31.2 Å². The van der Waals surface area contributed by atoms with Crippen molar-refractivity contribution in [2.24, 2.45) is 0 Å². The van der Waals surface area contributed by atoms with Crippen LogP contribution in [0.25, 0.3) is 10.9 Å². The SMILES string of the molecule is Clc1ccc(Br)c2ccc(N3CCOCC3)nc12. The van der Waals surface area contributed by atoms with Crippen LogP contribution in [-0.2, 0) is 4.74 Å². The smallest absolute Gasteiger partial charge is 0.129 e. The molecule has 0 unspecified atom stereocenters. The van der Waals surface area contributed by atoms with Gasteiger partial charge in [-0.1, -0.05) is 27.5 Å². The Morgan fingerprint density at radius 1 is 1.17 bits per heavy atom. The lowest BCUT2D eigenvalue weighted by Gasteiger charge is -2.28. The fourth-order valence-corrected chi connectivity index (χ4v) is 2.77. The van der Waals surface area contributed by atoms with E-state index in [0.717, 1.165) is 47.5 Å². The highest BCUT2D eigenvalue weighted by atomic mass is 79.9. The molecule has 0 bridgehead atoms. The molecule has 94 valence electrons. The Morgan fingerprint density at radius 3 is 2.72 bits per heavy atom. The molecule has 2 heterocycles. The third kappa shape index (κ3) is 2.20. The van der Waals surface area contributed by atoms with E-state index in [0.29, 0.717) is 5.02 Å². The maximum atomic E-state index is 6.21. The van der Waals surface area contributed by atoms with Crippen molar-refractivity contribution in [2.45, 2.75) is 0 Å². The van der Waals surface area contributed by atoms with Gasteiger partial charge in [0.2, 0.25) is 0 Å². The van der Waals surface area contributed by atoms with Crippen molar-refractivity contribution in [1.29, 1.82) is 0 Å². The van der Waals surface area contributed by atoms with Gasteiger partial charge in [0, 0.05) is 22.9 Å². The molecule has 0 amide bonds. The van der Waals surface area contributed by atoms with Crippen LogP contribution >= 0.6 is 27.5 Å². The van der Waals surface area contributed by atoms with Gasteiger partial charge in [0.15, 0.2) is 0 Å². The molecule has 3 rings (SSSR count). The first-order valence-corrected chi connectivity index (χ1v) is 7.00. The van der Waals surface area contributed by atoms with Crippen LogP contribution in [0.3, 0.4) is 0 Å². The Kier molecular flexibility index (Phi) is 3.41. The predicted molar refractivity (Wildman–Crippen MR) is 77.5 cm³/mol. The van der Waals surface area contributed by atoms with E-state index in [1.807, 2.05) is 18.2 Å². The van der Waals surface area contributed by atoms with Crippen molar-refractivity contribution in [3.05, 3.63) is 33.8 Å². The molecule has 1 aromatic carbocycles. The van der Waals surface area contributed by atoms with Crippen LogP contribution in [0.4, 0.5) is 5.82 Å². The Morgan fingerprint density at radius 2 is 1.94 bits per heavy atom. The maximum absolute atomic E-state index is 6.21. The molecule has 1 saturated heterocycles. The molecule has 1 aromatic heterocycles. The van der Waals surface area contributed by atoms with E-state index in [2.05, 4.69) is 31.9 Å². The van der Waals surface area contributed by atoms with Gasteiger partial charge in [0.1, 0.15) is 5.82 Å². The van der Waals surface area contributed by atoms with E-state index >= 15 is 0 Å². The second kappa shape index (κ2) is 5.03. The quantitative estimate of drug-likeness (QED) is 0.802. The summed E-state index contributed by atoms with van der Waals surface area (Å²) in [5.41, 5.74) is 0.843. The van der Waals surface area contributed by atoms with Crippen LogP contribution in [-0.4, -0.2) is 31.3 Å². The van der Waals surface area contributed by atoms with Crippen LogP contribution in [0, 0.1) is 0 Å². The summed E-state index contributed by atoms with van der Waals surface area (Å²) < 4.78 is 6.37. The fourth-order valence-electron chi connectivity index (χ4n) is 2.11. The minimum Gasteiger partial charge on any atom is -0.378 e. The first-order chi connectivity index (χ1) is 8.75. The Labute approximate surface area is 119 Å². The molecule has 1 aliphatic heterocycles. The van der Waals surface area contributed by atoms with Gasteiger partial charge < -0.3 is 9.64 Å². The van der Waals surface area contributed by atoms with Crippen LogP contribution in [0.2, 0.25) is 5.02 Å². The van der Waals surface area contributed by atoms with E-state index in [1.54, 1.807) is 0 Å². The molecule has 0 spiro atoms. The summed E-state index contributed by atoms with van der Waals surface area (Å²) in [6.07, 6.45) is 0. The van der Waals surface area contributed by atoms with Crippen molar-refractivity contribution in [1.82, 2.24) is 4.98 Å². The lowest BCUT2D eigenvalue weighted by atomic mass is 10.2. The Balaban J connectivity index is 2.07. The zero-order valence-electron chi connectivity index (χ0n) is 9.70. The predicted octanol–water partition coefficient (Wildman–Crippen LogP) is 3.49. The minimum atomic E-state index is 0.684. The summed E-state index contributed by atoms with van der Waals surface area (Å²) >= 11 is 9.73. The highest BCUT2D eigenvalue weighted by Gasteiger charge is 2.14. The third-order valence-corrected chi connectivity index (χ3v) is 4.07. The van der Waals surface area contributed by atoms with Crippen molar-refractivity contribution in [3.8, 4) is 0 Å². The third-order valence-electron chi connectivity index (χ3n) is 3.08. The molecule has 0 saturated carbocycles.